The van der Waals surface area contributed by atoms with E-state index in [2.05, 4.69) is 4.98 Å². The monoisotopic (exact) mass is 282 g/mol. The molecule has 1 unspecified atom stereocenters. The van der Waals surface area contributed by atoms with Gasteiger partial charge in [0.1, 0.15) is 0 Å². The summed E-state index contributed by atoms with van der Waals surface area (Å²) in [6, 6.07) is 5.93. The van der Waals surface area contributed by atoms with Crippen molar-refractivity contribution in [2.75, 3.05) is 11.5 Å². The SMILES string of the molecule is Cc1cccc2[nH]c(=S)n(C3CCS(=O)(=O)C3)c12. The molecule has 18 heavy (non-hydrogen) atoms. The van der Waals surface area contributed by atoms with Gasteiger partial charge in [-0.05, 0) is 37.2 Å². The van der Waals surface area contributed by atoms with Gasteiger partial charge < -0.3 is 9.55 Å². The molecule has 2 heterocycles. The standard InChI is InChI=1S/C12H14N2O2S2/c1-8-3-2-4-10-11(8)14(12(17)13-10)9-5-6-18(15,16)7-9/h2-4,9H,5-7H2,1H3,(H,13,17). The Balaban J connectivity index is 2.24. The van der Waals surface area contributed by atoms with E-state index in [0.29, 0.717) is 11.2 Å². The third-order valence-electron chi connectivity index (χ3n) is 3.51. The number of aromatic nitrogens is 2. The van der Waals surface area contributed by atoms with Crippen LogP contribution in [0.25, 0.3) is 11.0 Å². The fourth-order valence-electron chi connectivity index (χ4n) is 2.68. The van der Waals surface area contributed by atoms with E-state index >= 15 is 0 Å². The molecule has 0 radical (unpaired) electrons. The maximum atomic E-state index is 11.6. The fraction of sp³-hybridized carbons (Fsp3) is 0.417. The second-order valence-electron chi connectivity index (χ2n) is 4.83. The number of nitrogens with zero attached hydrogens (tertiary/aromatic N) is 1. The van der Waals surface area contributed by atoms with Crippen LogP contribution in [0.3, 0.4) is 0 Å². The normalized spacial score (nSPS) is 22.6. The number of fused-ring (bicyclic) bond motifs is 1. The van der Waals surface area contributed by atoms with Crippen molar-refractivity contribution >= 4 is 33.1 Å². The summed E-state index contributed by atoms with van der Waals surface area (Å²) in [5.74, 6) is 0.459. The molecule has 6 heteroatoms. The van der Waals surface area contributed by atoms with E-state index in [1.54, 1.807) is 0 Å². The van der Waals surface area contributed by atoms with Crippen LogP contribution in [0.4, 0.5) is 0 Å². The lowest BCUT2D eigenvalue weighted by atomic mass is 10.2. The number of imidazole rings is 1. The van der Waals surface area contributed by atoms with E-state index in [1.807, 2.05) is 29.7 Å². The molecule has 2 aromatic rings. The third-order valence-corrected chi connectivity index (χ3v) is 5.56. The van der Waals surface area contributed by atoms with E-state index < -0.39 is 9.84 Å². The highest BCUT2D eigenvalue weighted by Gasteiger charge is 2.30. The summed E-state index contributed by atoms with van der Waals surface area (Å²) in [6.07, 6.45) is 0.651. The molecule has 1 fully saturated rings. The number of sulfone groups is 1. The predicted octanol–water partition coefficient (Wildman–Crippen LogP) is 2.37. The number of para-hydroxylation sites is 1. The number of rotatable bonds is 1. The van der Waals surface area contributed by atoms with Crippen LogP contribution in [0.2, 0.25) is 0 Å². The van der Waals surface area contributed by atoms with Gasteiger partial charge in [-0.1, -0.05) is 12.1 Å². The van der Waals surface area contributed by atoms with Crippen LogP contribution >= 0.6 is 12.2 Å². The Morgan fingerprint density at radius 3 is 2.89 bits per heavy atom. The second kappa shape index (κ2) is 3.93. The van der Waals surface area contributed by atoms with Gasteiger partial charge in [0.05, 0.1) is 28.6 Å². The zero-order chi connectivity index (χ0) is 12.9. The lowest BCUT2D eigenvalue weighted by Gasteiger charge is -2.12. The van der Waals surface area contributed by atoms with Crippen molar-refractivity contribution < 1.29 is 8.42 Å². The highest BCUT2D eigenvalue weighted by Crippen LogP contribution is 2.29. The Morgan fingerprint density at radius 2 is 2.22 bits per heavy atom. The highest BCUT2D eigenvalue weighted by atomic mass is 32.2. The van der Waals surface area contributed by atoms with E-state index in [-0.39, 0.29) is 17.5 Å². The summed E-state index contributed by atoms with van der Waals surface area (Å²) in [5.41, 5.74) is 3.12. The van der Waals surface area contributed by atoms with Crippen molar-refractivity contribution in [3.8, 4) is 0 Å². The summed E-state index contributed by atoms with van der Waals surface area (Å²) in [4.78, 5) is 3.16. The summed E-state index contributed by atoms with van der Waals surface area (Å²) in [5, 5.41) is 0. The number of hydrogen-bond donors (Lipinski definition) is 1. The fourth-order valence-corrected chi connectivity index (χ4v) is 4.73. The average Bonchev–Trinajstić information content (AvgIpc) is 2.79. The van der Waals surface area contributed by atoms with Crippen LogP contribution in [0, 0.1) is 11.7 Å². The van der Waals surface area contributed by atoms with Gasteiger partial charge in [-0.3, -0.25) is 0 Å². The number of aryl methyl sites for hydroxylation is 1. The van der Waals surface area contributed by atoms with Crippen LogP contribution in [0.15, 0.2) is 18.2 Å². The maximum Gasteiger partial charge on any atom is 0.178 e. The van der Waals surface area contributed by atoms with Crippen molar-refractivity contribution in [2.24, 2.45) is 0 Å². The van der Waals surface area contributed by atoms with Gasteiger partial charge in [-0.15, -0.1) is 0 Å². The molecule has 0 aliphatic carbocycles. The Bertz CT molecular complexity index is 771. The van der Waals surface area contributed by atoms with Crippen molar-refractivity contribution in [1.29, 1.82) is 0 Å². The average molecular weight is 282 g/mol. The van der Waals surface area contributed by atoms with E-state index in [4.69, 9.17) is 12.2 Å². The van der Waals surface area contributed by atoms with Crippen LogP contribution in [0.5, 0.6) is 0 Å². The van der Waals surface area contributed by atoms with Crippen molar-refractivity contribution in [3.05, 3.63) is 28.5 Å². The molecule has 1 aliphatic rings. The molecule has 96 valence electrons. The number of benzene rings is 1. The van der Waals surface area contributed by atoms with E-state index in [0.717, 1.165) is 16.6 Å². The van der Waals surface area contributed by atoms with Crippen LogP contribution in [-0.2, 0) is 9.84 Å². The van der Waals surface area contributed by atoms with Gasteiger partial charge in [0.25, 0.3) is 0 Å². The van der Waals surface area contributed by atoms with Crippen molar-refractivity contribution in [3.63, 3.8) is 0 Å². The Kier molecular flexibility index (Phi) is 2.60. The largest absolute Gasteiger partial charge is 0.331 e. The molecule has 0 bridgehead atoms. The molecule has 1 atom stereocenters. The minimum Gasteiger partial charge on any atom is -0.331 e. The Labute approximate surface area is 111 Å². The first-order valence-corrected chi connectivity index (χ1v) is 8.11. The molecular weight excluding hydrogens is 268 g/mol. The predicted molar refractivity (Wildman–Crippen MR) is 74.2 cm³/mol. The molecule has 1 saturated heterocycles. The van der Waals surface area contributed by atoms with Gasteiger partial charge in [0.2, 0.25) is 0 Å². The molecule has 4 nitrogen and oxygen atoms in total. The molecular formula is C12H14N2O2S2. The minimum absolute atomic E-state index is 0.0302. The van der Waals surface area contributed by atoms with Gasteiger partial charge in [-0.2, -0.15) is 0 Å². The Morgan fingerprint density at radius 1 is 1.44 bits per heavy atom. The summed E-state index contributed by atoms with van der Waals surface area (Å²) in [7, 11) is -2.90. The zero-order valence-corrected chi connectivity index (χ0v) is 11.6. The Hall–Kier alpha value is -1.14. The molecule has 1 aromatic carbocycles. The zero-order valence-electron chi connectivity index (χ0n) is 10.0. The second-order valence-corrected chi connectivity index (χ2v) is 7.44. The quantitative estimate of drug-likeness (QED) is 0.817. The van der Waals surface area contributed by atoms with Crippen molar-refractivity contribution in [2.45, 2.75) is 19.4 Å². The van der Waals surface area contributed by atoms with Crippen LogP contribution in [-0.4, -0.2) is 29.5 Å². The molecule has 0 amide bonds. The molecule has 1 aromatic heterocycles. The summed E-state index contributed by atoms with van der Waals surface area (Å²) in [6.45, 7) is 2.02. The maximum absolute atomic E-state index is 11.6. The first kappa shape index (κ1) is 11.9. The lowest BCUT2D eigenvalue weighted by Crippen LogP contribution is -2.11. The summed E-state index contributed by atoms with van der Waals surface area (Å²) < 4.78 is 25.8. The number of hydrogen-bond acceptors (Lipinski definition) is 3. The van der Waals surface area contributed by atoms with E-state index in [9.17, 15) is 8.42 Å². The van der Waals surface area contributed by atoms with Crippen LogP contribution < -0.4 is 0 Å². The van der Waals surface area contributed by atoms with Gasteiger partial charge in [0.15, 0.2) is 14.6 Å². The number of aromatic amines is 1. The lowest BCUT2D eigenvalue weighted by molar-refractivity contribution is 0.562. The topological polar surface area (TPSA) is 54.9 Å². The van der Waals surface area contributed by atoms with Crippen molar-refractivity contribution in [1.82, 2.24) is 9.55 Å². The van der Waals surface area contributed by atoms with Gasteiger partial charge in [-0.25, -0.2) is 8.42 Å². The molecule has 3 rings (SSSR count). The highest BCUT2D eigenvalue weighted by molar-refractivity contribution is 7.91. The smallest absolute Gasteiger partial charge is 0.178 e. The molecule has 0 saturated carbocycles. The van der Waals surface area contributed by atoms with Gasteiger partial charge in [0, 0.05) is 0 Å². The summed E-state index contributed by atoms with van der Waals surface area (Å²) >= 11 is 5.34. The number of H-pyrrole nitrogens is 1. The van der Waals surface area contributed by atoms with Crippen LogP contribution in [0.1, 0.15) is 18.0 Å². The minimum atomic E-state index is -2.90. The number of nitrogens with one attached hydrogen (secondary N) is 1. The van der Waals surface area contributed by atoms with Gasteiger partial charge >= 0.3 is 0 Å². The molecule has 1 aliphatic heterocycles. The molecule has 1 N–H and O–H groups in total. The first-order chi connectivity index (χ1) is 8.48. The third kappa shape index (κ3) is 1.80. The van der Waals surface area contributed by atoms with E-state index in [1.165, 1.54) is 0 Å². The first-order valence-electron chi connectivity index (χ1n) is 5.88. The molecule has 0 spiro atoms.